The second kappa shape index (κ2) is 11.7. The molecule has 1 aliphatic heterocycles. The zero-order valence-electron chi connectivity index (χ0n) is 20.3. The van der Waals surface area contributed by atoms with Crippen LogP contribution in [0, 0.1) is 0 Å². The van der Waals surface area contributed by atoms with Gasteiger partial charge in [0.15, 0.2) is 0 Å². The molecule has 1 heterocycles. The molecule has 6 nitrogen and oxygen atoms in total. The summed E-state index contributed by atoms with van der Waals surface area (Å²) in [5.41, 5.74) is 1.97. The number of ether oxygens (including phenoxy) is 2. The molecule has 182 valence electrons. The normalized spacial score (nSPS) is 16.0. The second-order valence-corrected chi connectivity index (χ2v) is 8.88. The second-order valence-electron chi connectivity index (χ2n) is 8.88. The van der Waals surface area contributed by atoms with Gasteiger partial charge < -0.3 is 14.6 Å². The van der Waals surface area contributed by atoms with E-state index in [2.05, 4.69) is 19.2 Å². The third-order valence-corrected chi connectivity index (χ3v) is 6.25. The van der Waals surface area contributed by atoms with Gasteiger partial charge in [0.1, 0.15) is 18.0 Å². The van der Waals surface area contributed by atoms with Crippen molar-refractivity contribution in [2.24, 2.45) is 0 Å². The zero-order valence-corrected chi connectivity index (χ0v) is 20.3. The van der Waals surface area contributed by atoms with Gasteiger partial charge in [0.2, 0.25) is 0 Å². The molecule has 2 aromatic carbocycles. The molecule has 6 heteroatoms. The topological polar surface area (TPSA) is 84.9 Å². The average molecular weight is 466 g/mol. The van der Waals surface area contributed by atoms with Crippen molar-refractivity contribution in [1.29, 1.82) is 0 Å². The number of nitrogens with one attached hydrogen (secondary N) is 1. The van der Waals surface area contributed by atoms with E-state index in [1.54, 1.807) is 6.07 Å². The Balaban J connectivity index is 1.76. The van der Waals surface area contributed by atoms with Crippen LogP contribution in [0.4, 0.5) is 10.5 Å². The largest absolute Gasteiger partial charge is 0.512 e. The average Bonchev–Trinajstić information content (AvgIpc) is 2.81. The van der Waals surface area contributed by atoms with E-state index in [9.17, 15) is 14.7 Å². The first-order chi connectivity index (χ1) is 16.4. The van der Waals surface area contributed by atoms with Crippen LogP contribution in [-0.2, 0) is 20.9 Å². The summed E-state index contributed by atoms with van der Waals surface area (Å²) in [4.78, 5) is 25.4. The third-order valence-electron chi connectivity index (χ3n) is 6.25. The number of anilines is 1. The molecule has 0 spiro atoms. The fourth-order valence-electron chi connectivity index (χ4n) is 4.78. The molecule has 0 saturated carbocycles. The number of aliphatic hydroxyl groups is 1. The number of esters is 1. The highest BCUT2D eigenvalue weighted by Crippen LogP contribution is 2.42. The lowest BCUT2D eigenvalue weighted by molar-refractivity contribution is -0.161. The summed E-state index contributed by atoms with van der Waals surface area (Å²) in [5, 5.41) is 13.7. The Hall–Kier alpha value is -3.28. The standard InChI is InChI=1S/C28H35NO5/c1-4-15-28(16-5-2)18-24(30)25(26(31)34-28)23(6-3)21-13-10-14-22(17-21)29-27(32)33-19-20-11-8-7-9-12-20/h7-14,17,23,30H,4-6,15-16,18-19H2,1-3H3,(H,29,32). The van der Waals surface area contributed by atoms with Crippen LogP contribution < -0.4 is 5.32 Å². The van der Waals surface area contributed by atoms with Crippen molar-refractivity contribution in [2.45, 2.75) is 77.4 Å². The molecule has 0 fully saturated rings. The number of aliphatic hydroxyl groups excluding tert-OH is 1. The van der Waals surface area contributed by atoms with Gasteiger partial charge in [0, 0.05) is 18.0 Å². The number of benzene rings is 2. The number of hydrogen-bond acceptors (Lipinski definition) is 5. The van der Waals surface area contributed by atoms with Crippen LogP contribution in [0.3, 0.4) is 0 Å². The molecule has 2 aromatic rings. The van der Waals surface area contributed by atoms with E-state index in [0.29, 0.717) is 24.1 Å². The Morgan fingerprint density at radius 1 is 1.09 bits per heavy atom. The van der Waals surface area contributed by atoms with Crippen molar-refractivity contribution in [2.75, 3.05) is 5.32 Å². The van der Waals surface area contributed by atoms with Gasteiger partial charge in [-0.15, -0.1) is 0 Å². The van der Waals surface area contributed by atoms with Crippen molar-refractivity contribution in [3.05, 3.63) is 77.1 Å². The number of amides is 1. The van der Waals surface area contributed by atoms with E-state index >= 15 is 0 Å². The molecule has 1 amide bonds. The highest BCUT2D eigenvalue weighted by atomic mass is 16.6. The summed E-state index contributed by atoms with van der Waals surface area (Å²) in [6.45, 7) is 6.25. The van der Waals surface area contributed by atoms with Gasteiger partial charge in [-0.25, -0.2) is 9.59 Å². The number of hydrogen-bond donors (Lipinski definition) is 2. The van der Waals surface area contributed by atoms with Crippen LogP contribution in [0.1, 0.15) is 76.3 Å². The maximum absolute atomic E-state index is 13.1. The van der Waals surface area contributed by atoms with E-state index in [0.717, 1.165) is 36.8 Å². The first kappa shape index (κ1) is 25.3. The van der Waals surface area contributed by atoms with Crippen molar-refractivity contribution >= 4 is 17.7 Å². The molecular formula is C28H35NO5. The van der Waals surface area contributed by atoms with E-state index in [1.165, 1.54) is 0 Å². The van der Waals surface area contributed by atoms with Crippen LogP contribution in [0.5, 0.6) is 0 Å². The minimum atomic E-state index is -0.627. The van der Waals surface area contributed by atoms with Crippen LogP contribution in [0.25, 0.3) is 0 Å². The van der Waals surface area contributed by atoms with E-state index in [-0.39, 0.29) is 18.3 Å². The molecule has 0 saturated heterocycles. The molecule has 2 N–H and O–H groups in total. The number of rotatable bonds is 10. The maximum atomic E-state index is 13.1. The molecule has 0 bridgehead atoms. The summed E-state index contributed by atoms with van der Waals surface area (Å²) in [7, 11) is 0. The van der Waals surface area contributed by atoms with Crippen LogP contribution >= 0.6 is 0 Å². The van der Waals surface area contributed by atoms with Gasteiger partial charge in [0.05, 0.1) is 5.57 Å². The van der Waals surface area contributed by atoms with Crippen molar-refractivity contribution in [3.63, 3.8) is 0 Å². The summed E-state index contributed by atoms with van der Waals surface area (Å²) in [5.74, 6) is -0.667. The molecule has 34 heavy (non-hydrogen) atoms. The molecular weight excluding hydrogens is 430 g/mol. The Labute approximate surface area is 202 Å². The third kappa shape index (κ3) is 6.19. The Morgan fingerprint density at radius 2 is 1.79 bits per heavy atom. The van der Waals surface area contributed by atoms with Crippen LogP contribution in [0.15, 0.2) is 65.9 Å². The van der Waals surface area contributed by atoms with Gasteiger partial charge in [-0.3, -0.25) is 5.32 Å². The quantitative estimate of drug-likeness (QED) is 0.368. The van der Waals surface area contributed by atoms with E-state index in [4.69, 9.17) is 9.47 Å². The lowest BCUT2D eigenvalue weighted by atomic mass is 9.80. The lowest BCUT2D eigenvalue weighted by Crippen LogP contribution is -2.41. The summed E-state index contributed by atoms with van der Waals surface area (Å²) in [6.07, 6.45) is 3.59. The minimum Gasteiger partial charge on any atom is -0.512 e. The van der Waals surface area contributed by atoms with Gasteiger partial charge in [-0.05, 0) is 42.5 Å². The first-order valence-corrected chi connectivity index (χ1v) is 12.1. The fraction of sp³-hybridized carbons (Fsp3) is 0.429. The Kier molecular flexibility index (Phi) is 8.74. The summed E-state index contributed by atoms with van der Waals surface area (Å²) >= 11 is 0. The maximum Gasteiger partial charge on any atom is 0.411 e. The van der Waals surface area contributed by atoms with E-state index in [1.807, 2.05) is 55.5 Å². The smallest absolute Gasteiger partial charge is 0.411 e. The SMILES string of the molecule is CCCC1(CCC)CC(O)=C(C(CC)c2cccc(NC(=O)OCc3ccccc3)c2)C(=O)O1. The van der Waals surface area contributed by atoms with Gasteiger partial charge >= 0.3 is 12.1 Å². The molecule has 1 atom stereocenters. The van der Waals surface area contributed by atoms with Crippen molar-refractivity contribution < 1.29 is 24.2 Å². The molecule has 0 aliphatic carbocycles. The number of cyclic esters (lactones) is 1. The summed E-state index contributed by atoms with van der Waals surface area (Å²) in [6, 6.07) is 16.7. The molecule has 0 radical (unpaired) electrons. The molecule has 3 rings (SSSR count). The first-order valence-electron chi connectivity index (χ1n) is 12.1. The van der Waals surface area contributed by atoms with Crippen LogP contribution in [0.2, 0.25) is 0 Å². The van der Waals surface area contributed by atoms with Crippen molar-refractivity contribution in [1.82, 2.24) is 0 Å². The van der Waals surface area contributed by atoms with Crippen LogP contribution in [-0.4, -0.2) is 22.8 Å². The molecule has 1 unspecified atom stereocenters. The predicted molar refractivity (Wildman–Crippen MR) is 133 cm³/mol. The van der Waals surface area contributed by atoms with Crippen molar-refractivity contribution in [3.8, 4) is 0 Å². The monoisotopic (exact) mass is 465 g/mol. The summed E-state index contributed by atoms with van der Waals surface area (Å²) < 4.78 is 11.3. The predicted octanol–water partition coefficient (Wildman–Crippen LogP) is 7.03. The number of carbonyl (C=O) groups is 2. The highest BCUT2D eigenvalue weighted by Gasteiger charge is 2.42. The molecule has 1 aliphatic rings. The Bertz CT molecular complexity index is 1010. The lowest BCUT2D eigenvalue weighted by Gasteiger charge is -2.38. The number of carbonyl (C=O) groups excluding carboxylic acids is 2. The van der Waals surface area contributed by atoms with Gasteiger partial charge in [-0.1, -0.05) is 76.1 Å². The molecule has 0 aromatic heterocycles. The van der Waals surface area contributed by atoms with E-state index < -0.39 is 17.7 Å². The van der Waals surface area contributed by atoms with Gasteiger partial charge in [-0.2, -0.15) is 0 Å². The highest BCUT2D eigenvalue weighted by molar-refractivity contribution is 5.92. The minimum absolute atomic E-state index is 0.116. The van der Waals surface area contributed by atoms with Gasteiger partial charge in [0.25, 0.3) is 0 Å². The Morgan fingerprint density at radius 3 is 2.41 bits per heavy atom. The fourth-order valence-corrected chi connectivity index (χ4v) is 4.78. The zero-order chi connectivity index (χ0) is 24.6.